The molecule has 0 bridgehead atoms. The Bertz CT molecular complexity index is 1020. The minimum absolute atomic E-state index is 0.366. The van der Waals surface area contributed by atoms with E-state index in [-0.39, 0.29) is 0 Å². The van der Waals surface area contributed by atoms with Crippen LogP contribution in [0.15, 0.2) is 78.1 Å². The number of likely N-dealkylation sites (N-methyl/N-ethyl adjacent to an activating group) is 1. The van der Waals surface area contributed by atoms with E-state index < -0.39 is 0 Å². The fourth-order valence-corrected chi connectivity index (χ4v) is 3.44. The highest BCUT2D eigenvalue weighted by Crippen LogP contribution is 2.33. The number of amidine groups is 1. The Morgan fingerprint density at radius 3 is 2.39 bits per heavy atom. The van der Waals surface area contributed by atoms with Gasteiger partial charge in [-0.1, -0.05) is 47.6 Å². The molecule has 2 aromatic carbocycles. The molecular weight excluding hydrogens is 392 g/mol. The molecule has 0 radical (unpaired) electrons. The van der Waals surface area contributed by atoms with Gasteiger partial charge in [-0.25, -0.2) is 4.98 Å². The molecule has 7 heteroatoms. The van der Waals surface area contributed by atoms with Crippen molar-refractivity contribution >= 4 is 5.84 Å². The van der Waals surface area contributed by atoms with Crippen molar-refractivity contribution in [1.29, 1.82) is 0 Å². The number of oxime groups is 1. The maximum Gasteiger partial charge on any atom is 0.230 e. The maximum absolute atomic E-state index is 9.78. The molecule has 1 aliphatic rings. The van der Waals surface area contributed by atoms with Crippen LogP contribution in [0.2, 0.25) is 0 Å². The van der Waals surface area contributed by atoms with Gasteiger partial charge in [-0.05, 0) is 36.9 Å². The van der Waals surface area contributed by atoms with E-state index in [4.69, 9.17) is 9.47 Å². The second-order valence-electron chi connectivity index (χ2n) is 7.39. The normalized spacial score (nSPS) is 15.0. The summed E-state index contributed by atoms with van der Waals surface area (Å²) >= 11 is 0. The Labute approximate surface area is 182 Å². The summed E-state index contributed by atoms with van der Waals surface area (Å²) in [5, 5.41) is 13.4. The van der Waals surface area contributed by atoms with Gasteiger partial charge in [0, 0.05) is 32.4 Å². The van der Waals surface area contributed by atoms with Crippen LogP contribution in [0.1, 0.15) is 11.1 Å². The molecule has 1 fully saturated rings. The molecule has 0 amide bonds. The van der Waals surface area contributed by atoms with E-state index in [9.17, 15) is 5.21 Å². The molecule has 1 aliphatic heterocycles. The molecule has 0 atom stereocenters. The number of pyridine rings is 1. The van der Waals surface area contributed by atoms with Crippen molar-refractivity contribution in [1.82, 2.24) is 14.8 Å². The zero-order valence-corrected chi connectivity index (χ0v) is 17.5. The summed E-state index contributed by atoms with van der Waals surface area (Å²) in [6, 6.07) is 21.1. The van der Waals surface area contributed by atoms with Gasteiger partial charge in [0.05, 0.1) is 5.56 Å². The lowest BCUT2D eigenvalue weighted by Gasteiger charge is -2.34. The van der Waals surface area contributed by atoms with Gasteiger partial charge >= 0.3 is 0 Å². The first-order valence-electron chi connectivity index (χ1n) is 10.3. The zero-order valence-electron chi connectivity index (χ0n) is 17.5. The molecule has 7 nitrogen and oxygen atoms in total. The van der Waals surface area contributed by atoms with Crippen LogP contribution in [0.4, 0.5) is 0 Å². The van der Waals surface area contributed by atoms with Crippen LogP contribution in [0, 0.1) is 0 Å². The SMILES string of the molecule is CN1CCN(/C(=N\O)c2cccnc2Oc2ccccc2OCc2ccccc2)CC1. The molecule has 0 aliphatic carbocycles. The minimum atomic E-state index is 0.366. The zero-order chi connectivity index (χ0) is 21.5. The van der Waals surface area contributed by atoms with Gasteiger partial charge in [-0.3, -0.25) is 0 Å². The number of piperazine rings is 1. The molecule has 1 saturated heterocycles. The summed E-state index contributed by atoms with van der Waals surface area (Å²) in [7, 11) is 2.08. The van der Waals surface area contributed by atoms with Gasteiger partial charge < -0.3 is 24.5 Å². The van der Waals surface area contributed by atoms with E-state index in [1.165, 1.54) is 0 Å². The van der Waals surface area contributed by atoms with Crippen molar-refractivity contribution < 1.29 is 14.7 Å². The molecule has 1 N–H and O–H groups in total. The number of ether oxygens (including phenoxy) is 2. The second kappa shape index (κ2) is 9.95. The van der Waals surface area contributed by atoms with Crippen molar-refractivity contribution in [3.63, 3.8) is 0 Å². The first kappa shape index (κ1) is 20.7. The largest absolute Gasteiger partial charge is 0.485 e. The quantitative estimate of drug-likeness (QED) is 0.284. The lowest BCUT2D eigenvalue weighted by Crippen LogP contribution is -2.47. The highest BCUT2D eigenvalue weighted by atomic mass is 16.5. The molecular formula is C24H26N4O3. The summed E-state index contributed by atoms with van der Waals surface area (Å²) < 4.78 is 12.2. The lowest BCUT2D eigenvalue weighted by molar-refractivity contribution is 0.207. The van der Waals surface area contributed by atoms with E-state index in [1.54, 1.807) is 12.3 Å². The lowest BCUT2D eigenvalue weighted by atomic mass is 10.2. The first-order valence-corrected chi connectivity index (χ1v) is 10.3. The number of rotatable bonds is 6. The molecule has 4 rings (SSSR count). The molecule has 31 heavy (non-hydrogen) atoms. The highest BCUT2D eigenvalue weighted by Gasteiger charge is 2.23. The predicted molar refractivity (Wildman–Crippen MR) is 119 cm³/mol. The van der Waals surface area contributed by atoms with Gasteiger partial charge in [-0.15, -0.1) is 0 Å². The second-order valence-corrected chi connectivity index (χ2v) is 7.39. The Balaban J connectivity index is 1.55. The Morgan fingerprint density at radius 1 is 0.935 bits per heavy atom. The fourth-order valence-electron chi connectivity index (χ4n) is 3.44. The summed E-state index contributed by atoms with van der Waals surface area (Å²) in [5.74, 6) is 1.99. The first-order chi connectivity index (χ1) is 15.2. The van der Waals surface area contributed by atoms with E-state index in [2.05, 4.69) is 22.1 Å². The van der Waals surface area contributed by atoms with Gasteiger partial charge in [0.25, 0.3) is 0 Å². The van der Waals surface area contributed by atoms with E-state index >= 15 is 0 Å². The van der Waals surface area contributed by atoms with Gasteiger partial charge in [0.2, 0.25) is 5.88 Å². The van der Waals surface area contributed by atoms with Crippen LogP contribution in [0.3, 0.4) is 0 Å². The van der Waals surface area contributed by atoms with E-state index in [1.807, 2.05) is 65.6 Å². The minimum Gasteiger partial charge on any atom is -0.485 e. The summed E-state index contributed by atoms with van der Waals surface area (Å²) in [6.45, 7) is 3.75. The highest BCUT2D eigenvalue weighted by molar-refractivity contribution is 6.00. The van der Waals surface area contributed by atoms with Crippen LogP contribution in [0.25, 0.3) is 0 Å². The van der Waals surface area contributed by atoms with Gasteiger partial charge in [0.1, 0.15) is 6.61 Å². The number of nitrogens with zero attached hydrogens (tertiary/aromatic N) is 4. The molecule has 0 saturated carbocycles. The Hall–Kier alpha value is -3.58. The van der Waals surface area contributed by atoms with E-state index in [0.717, 1.165) is 31.7 Å². The smallest absolute Gasteiger partial charge is 0.230 e. The average molecular weight is 418 g/mol. The molecule has 0 spiro atoms. The Morgan fingerprint density at radius 2 is 1.65 bits per heavy atom. The number of hydrogen-bond acceptors (Lipinski definition) is 6. The van der Waals surface area contributed by atoms with Gasteiger partial charge in [0.15, 0.2) is 17.3 Å². The monoisotopic (exact) mass is 418 g/mol. The number of benzene rings is 2. The molecule has 160 valence electrons. The molecule has 1 aromatic heterocycles. The van der Waals surface area contributed by atoms with Crippen molar-refractivity contribution in [3.05, 3.63) is 84.1 Å². The predicted octanol–water partition coefficient (Wildman–Crippen LogP) is 3.84. The van der Waals surface area contributed by atoms with Crippen LogP contribution in [-0.2, 0) is 6.61 Å². The third kappa shape index (κ3) is 5.13. The number of para-hydroxylation sites is 2. The molecule has 3 aromatic rings. The van der Waals surface area contributed by atoms with Crippen molar-refractivity contribution in [2.75, 3.05) is 33.2 Å². The fraction of sp³-hybridized carbons (Fsp3) is 0.250. The van der Waals surface area contributed by atoms with Crippen LogP contribution in [-0.4, -0.2) is 59.1 Å². The standard InChI is InChI=1S/C24H26N4O3/c1-27-14-16-28(17-15-27)23(26-29)20-10-7-13-25-24(20)31-22-12-6-5-11-21(22)30-18-19-8-3-2-4-9-19/h2-13,29H,14-18H2,1H3/b26-23-. The van der Waals surface area contributed by atoms with Crippen molar-refractivity contribution in [2.24, 2.45) is 5.16 Å². The molecule has 0 unspecified atom stereocenters. The van der Waals surface area contributed by atoms with Crippen LogP contribution in [0.5, 0.6) is 17.4 Å². The summed E-state index contributed by atoms with van der Waals surface area (Å²) in [6.07, 6.45) is 1.66. The van der Waals surface area contributed by atoms with Crippen molar-refractivity contribution in [2.45, 2.75) is 6.61 Å². The maximum atomic E-state index is 9.78. The van der Waals surface area contributed by atoms with Gasteiger partial charge in [-0.2, -0.15) is 0 Å². The van der Waals surface area contributed by atoms with Crippen LogP contribution < -0.4 is 9.47 Å². The van der Waals surface area contributed by atoms with Crippen LogP contribution >= 0.6 is 0 Å². The topological polar surface area (TPSA) is 70.4 Å². The molecule has 2 heterocycles. The number of hydrogen-bond donors (Lipinski definition) is 1. The van der Waals surface area contributed by atoms with E-state index in [0.29, 0.717) is 35.4 Å². The summed E-state index contributed by atoms with van der Waals surface area (Å²) in [4.78, 5) is 8.69. The average Bonchev–Trinajstić information content (AvgIpc) is 2.82. The Kier molecular flexibility index (Phi) is 6.64. The van der Waals surface area contributed by atoms with Crippen molar-refractivity contribution in [3.8, 4) is 17.4 Å². The summed E-state index contributed by atoms with van der Waals surface area (Å²) in [5.41, 5.74) is 1.70. The number of aromatic nitrogens is 1. The third-order valence-electron chi connectivity index (χ3n) is 5.20. The third-order valence-corrected chi connectivity index (χ3v) is 5.20.